The van der Waals surface area contributed by atoms with Crippen LogP contribution >= 0.6 is 31.7 Å². The predicted molar refractivity (Wildman–Crippen MR) is 24.5 cm³/mol. The van der Waals surface area contributed by atoms with Crippen molar-refractivity contribution in [2.45, 2.75) is 4.58 Å². The molecule has 0 N–H and O–H groups in total. The van der Waals surface area contributed by atoms with Crippen LogP contribution in [0, 0.1) is 0 Å². The van der Waals surface area contributed by atoms with Crippen molar-refractivity contribution in [2.24, 2.45) is 0 Å². The lowest BCUT2D eigenvalue weighted by atomic mass is 11.9. The van der Waals surface area contributed by atoms with E-state index in [4.69, 9.17) is 23.2 Å². The Balaban J connectivity index is 2.83. The van der Waals surface area contributed by atoms with E-state index in [1.54, 1.807) is 0 Å². The molecule has 0 aliphatic rings. The first-order valence-corrected chi connectivity index (χ1v) is 2.79. The lowest BCUT2D eigenvalue weighted by Gasteiger charge is -1.60. The van der Waals surface area contributed by atoms with E-state index < -0.39 is 13.0 Å². The summed E-state index contributed by atoms with van der Waals surface area (Å²) in [5.74, 6) is 0. The molecule has 1 unspecified atom stereocenters. The van der Waals surface area contributed by atoms with E-state index in [1.807, 2.05) is 0 Å². The van der Waals surface area contributed by atoms with Gasteiger partial charge in [0.05, 0.1) is 0 Å². The molecular weight excluding hydrogens is 130 g/mol. The monoisotopic (exact) mass is 131 g/mol. The van der Waals surface area contributed by atoms with Gasteiger partial charge in [0.25, 0.3) is 4.58 Å². The molecule has 0 saturated heterocycles. The molecule has 0 bridgehead atoms. The van der Waals surface area contributed by atoms with Gasteiger partial charge in [-0.2, -0.15) is 0 Å². The Kier molecular flexibility index (Phi) is 3.29. The molecule has 0 aromatic heterocycles. The standard InChI is InChI=1S/CHCl2OP/c2-1(3)5-4/h1H/p+1. The van der Waals surface area contributed by atoms with Crippen LogP contribution in [0.1, 0.15) is 0 Å². The number of rotatable bonds is 1. The third kappa shape index (κ3) is 4.68. The Hall–Kier alpha value is 0.680. The maximum absolute atomic E-state index is 9.39. The van der Waals surface area contributed by atoms with Crippen LogP contribution in [0.5, 0.6) is 0 Å². The average Bonchev–Trinajstić information content (AvgIpc) is 1.38. The summed E-state index contributed by atoms with van der Waals surface area (Å²) in [6.45, 7) is 0. The van der Waals surface area contributed by atoms with Crippen molar-refractivity contribution < 1.29 is 4.57 Å². The molecule has 0 saturated carbocycles. The number of halogens is 2. The summed E-state index contributed by atoms with van der Waals surface area (Å²) in [6, 6.07) is 0. The van der Waals surface area contributed by atoms with E-state index in [0.717, 1.165) is 0 Å². The third-order valence-corrected chi connectivity index (χ3v) is 0.802. The summed E-state index contributed by atoms with van der Waals surface area (Å²) in [4.78, 5) is 0. The van der Waals surface area contributed by atoms with E-state index in [-0.39, 0.29) is 0 Å². The van der Waals surface area contributed by atoms with Crippen LogP contribution in [0.25, 0.3) is 0 Å². The van der Waals surface area contributed by atoms with Gasteiger partial charge in [0.15, 0.2) is 0 Å². The highest BCUT2D eigenvalue weighted by Gasteiger charge is 2.00. The van der Waals surface area contributed by atoms with Crippen LogP contribution in [-0.4, -0.2) is 4.58 Å². The van der Waals surface area contributed by atoms with Crippen LogP contribution in [0.2, 0.25) is 0 Å². The summed E-state index contributed by atoms with van der Waals surface area (Å²) in [5, 5.41) is 0. The molecule has 1 nitrogen and oxygen atoms in total. The van der Waals surface area contributed by atoms with E-state index >= 15 is 0 Å². The Morgan fingerprint density at radius 1 is 1.60 bits per heavy atom. The lowest BCUT2D eigenvalue weighted by molar-refractivity contribution is 0.600. The fourth-order valence-electron chi connectivity index (χ4n) is 0. The fraction of sp³-hybridized carbons (Fsp3) is 1.00. The Morgan fingerprint density at radius 2 is 1.80 bits per heavy atom. The van der Waals surface area contributed by atoms with Gasteiger partial charge >= 0.3 is 8.46 Å². The second-order valence-electron chi connectivity index (χ2n) is 0.419. The first kappa shape index (κ1) is 5.68. The Bertz CT molecular complexity index is 36.6. The largest absolute Gasteiger partial charge is 0.360 e. The molecule has 0 radical (unpaired) electrons. The van der Waals surface area contributed by atoms with Crippen LogP contribution in [0.15, 0.2) is 0 Å². The van der Waals surface area contributed by atoms with E-state index in [1.165, 1.54) is 0 Å². The highest BCUT2D eigenvalue weighted by molar-refractivity contribution is 7.31. The summed E-state index contributed by atoms with van der Waals surface area (Å²) in [6.07, 6.45) is 0. The van der Waals surface area contributed by atoms with E-state index in [9.17, 15) is 4.57 Å². The van der Waals surface area contributed by atoms with Gasteiger partial charge in [-0.15, -0.1) is 0 Å². The van der Waals surface area contributed by atoms with Crippen molar-refractivity contribution in [1.82, 2.24) is 0 Å². The topological polar surface area (TPSA) is 17.1 Å². The molecule has 0 aromatic rings. The van der Waals surface area contributed by atoms with Gasteiger partial charge in [-0.25, -0.2) is 0 Å². The second kappa shape index (κ2) is 2.89. The van der Waals surface area contributed by atoms with Crippen molar-refractivity contribution in [3.05, 3.63) is 0 Å². The van der Waals surface area contributed by atoms with Crippen molar-refractivity contribution >= 4 is 31.7 Å². The van der Waals surface area contributed by atoms with Gasteiger partial charge in [0.2, 0.25) is 0 Å². The fourth-order valence-corrected chi connectivity index (χ4v) is 0. The summed E-state index contributed by atoms with van der Waals surface area (Å²) in [7, 11) is -0.605. The molecule has 0 aromatic carbocycles. The molecule has 30 valence electrons. The molecule has 1 atom stereocenters. The van der Waals surface area contributed by atoms with Gasteiger partial charge < -0.3 is 0 Å². The number of hydrogen-bond acceptors (Lipinski definition) is 1. The molecule has 0 rings (SSSR count). The highest BCUT2D eigenvalue weighted by atomic mass is 35.5. The number of alkyl halides is 2. The molecule has 0 fully saturated rings. The van der Waals surface area contributed by atoms with E-state index in [2.05, 4.69) is 0 Å². The SMILES string of the molecule is O=[PH+]C(Cl)Cl. The average molecular weight is 132 g/mol. The molecule has 0 spiro atoms. The van der Waals surface area contributed by atoms with Crippen LogP contribution in [-0.2, 0) is 4.57 Å². The maximum Gasteiger partial charge on any atom is 0.360 e. The molecule has 5 heavy (non-hydrogen) atoms. The minimum Gasteiger partial charge on any atom is -0.0743 e. The Morgan fingerprint density at radius 3 is 1.80 bits per heavy atom. The zero-order chi connectivity index (χ0) is 4.28. The molecule has 0 amide bonds. The highest BCUT2D eigenvalue weighted by Crippen LogP contribution is 2.13. The van der Waals surface area contributed by atoms with Gasteiger partial charge in [-0.1, -0.05) is 4.57 Å². The second-order valence-corrected chi connectivity index (χ2v) is 3.06. The zero-order valence-corrected chi connectivity index (χ0v) is 4.75. The predicted octanol–water partition coefficient (Wildman–Crippen LogP) is 1.77. The van der Waals surface area contributed by atoms with Crippen LogP contribution in [0.3, 0.4) is 0 Å². The molecule has 0 heterocycles. The number of hydrogen-bond donors (Lipinski definition) is 0. The van der Waals surface area contributed by atoms with Gasteiger partial charge in [0.1, 0.15) is 0 Å². The first-order chi connectivity index (χ1) is 2.27. The Labute approximate surface area is 41.5 Å². The van der Waals surface area contributed by atoms with Crippen molar-refractivity contribution in [1.29, 1.82) is 0 Å². The normalized spacial score (nSPS) is 10.2. The minimum atomic E-state index is -0.699. The van der Waals surface area contributed by atoms with Gasteiger partial charge in [-0.05, 0) is 23.2 Å². The molecule has 4 heteroatoms. The van der Waals surface area contributed by atoms with Gasteiger partial charge in [0, 0.05) is 0 Å². The first-order valence-electron chi connectivity index (χ1n) is 0.929. The van der Waals surface area contributed by atoms with Gasteiger partial charge in [-0.3, -0.25) is 0 Å². The third-order valence-electron chi connectivity index (χ3n) is 0.0891. The smallest absolute Gasteiger partial charge is 0.0743 e. The van der Waals surface area contributed by atoms with Crippen LogP contribution in [0.4, 0.5) is 0 Å². The quantitative estimate of drug-likeness (QED) is 0.392. The summed E-state index contributed by atoms with van der Waals surface area (Å²) in [5.41, 5.74) is 0. The molecular formula is CH2Cl2OP+. The van der Waals surface area contributed by atoms with E-state index in [0.29, 0.717) is 0 Å². The van der Waals surface area contributed by atoms with Crippen molar-refractivity contribution in [3.63, 3.8) is 0 Å². The minimum absolute atomic E-state index is 0.605. The van der Waals surface area contributed by atoms with Crippen molar-refractivity contribution in [3.8, 4) is 0 Å². The van der Waals surface area contributed by atoms with Crippen molar-refractivity contribution in [2.75, 3.05) is 0 Å². The molecule has 0 aliphatic carbocycles. The zero-order valence-electron chi connectivity index (χ0n) is 2.24. The lowest BCUT2D eigenvalue weighted by Crippen LogP contribution is -1.57. The summed E-state index contributed by atoms with van der Waals surface area (Å²) < 4.78 is 8.69. The van der Waals surface area contributed by atoms with Crippen LogP contribution < -0.4 is 0 Å². The summed E-state index contributed by atoms with van der Waals surface area (Å²) >= 11 is 9.85. The maximum atomic E-state index is 9.39. The molecule has 0 aliphatic heterocycles.